The van der Waals surface area contributed by atoms with E-state index in [-0.39, 0.29) is 6.10 Å². The molecular weight excluding hydrogens is 262 g/mol. The van der Waals surface area contributed by atoms with Gasteiger partial charge in [0.05, 0.1) is 0 Å². The average Bonchev–Trinajstić information content (AvgIpc) is 3.00. The fourth-order valence-electron chi connectivity index (χ4n) is 1.99. The molecule has 0 saturated heterocycles. The van der Waals surface area contributed by atoms with Gasteiger partial charge < -0.3 is 4.84 Å². The van der Waals surface area contributed by atoms with E-state index in [9.17, 15) is 0 Å². The molecule has 0 radical (unpaired) electrons. The number of rotatable bonds is 6. The third-order valence-corrected chi connectivity index (χ3v) is 3.13. The lowest BCUT2D eigenvalue weighted by Gasteiger charge is -2.10. The highest BCUT2D eigenvalue weighted by molar-refractivity contribution is 5.99. The van der Waals surface area contributed by atoms with Gasteiger partial charge in [0.1, 0.15) is 12.4 Å². The minimum atomic E-state index is 0.0485. The minimum Gasteiger partial charge on any atom is -0.391 e. The Morgan fingerprint density at radius 1 is 1.29 bits per heavy atom. The highest BCUT2D eigenvalue weighted by atomic mass is 16.6. The summed E-state index contributed by atoms with van der Waals surface area (Å²) in [4.78, 5) is 9.50. The first-order valence-electron chi connectivity index (χ1n) is 7.52. The Morgan fingerprint density at radius 2 is 2.05 bits per heavy atom. The summed E-state index contributed by atoms with van der Waals surface area (Å²) in [7, 11) is 0. The first kappa shape index (κ1) is 15.3. The summed E-state index contributed by atoms with van der Waals surface area (Å²) < 4.78 is 1.86. The number of unbranched alkanes of at least 4 members (excludes halogenated alkanes) is 1. The van der Waals surface area contributed by atoms with Crippen molar-refractivity contribution >= 4 is 5.84 Å². The van der Waals surface area contributed by atoms with E-state index in [1.54, 1.807) is 12.5 Å². The Labute approximate surface area is 126 Å². The van der Waals surface area contributed by atoms with E-state index in [1.165, 1.54) is 18.4 Å². The van der Waals surface area contributed by atoms with Crippen LogP contribution >= 0.6 is 0 Å². The Bertz CT molecular complexity index is 556. The van der Waals surface area contributed by atoms with E-state index < -0.39 is 0 Å². The number of oxime groups is 1. The van der Waals surface area contributed by atoms with Gasteiger partial charge in [0.15, 0.2) is 5.84 Å². The normalized spacial score (nSPS) is 11.9. The minimum absolute atomic E-state index is 0.0485. The van der Waals surface area contributed by atoms with Gasteiger partial charge in [0.25, 0.3) is 0 Å². The molecule has 1 aromatic heterocycles. The predicted octanol–water partition coefficient (Wildman–Crippen LogP) is 3.86. The van der Waals surface area contributed by atoms with Crippen molar-refractivity contribution in [1.29, 1.82) is 0 Å². The number of imidazole rings is 1. The summed E-state index contributed by atoms with van der Waals surface area (Å²) in [6, 6.07) is 8.50. The lowest BCUT2D eigenvalue weighted by atomic mass is 10.1. The molecule has 1 heterocycles. The third kappa shape index (κ3) is 4.45. The quantitative estimate of drug-likeness (QED) is 0.459. The van der Waals surface area contributed by atoms with Crippen LogP contribution in [0.25, 0.3) is 0 Å². The van der Waals surface area contributed by atoms with Crippen molar-refractivity contribution in [3.63, 3.8) is 0 Å². The van der Waals surface area contributed by atoms with Gasteiger partial charge in [-0.15, -0.1) is 0 Å². The first-order chi connectivity index (χ1) is 10.2. The molecule has 2 aromatic rings. The first-order valence-corrected chi connectivity index (χ1v) is 7.52. The summed E-state index contributed by atoms with van der Waals surface area (Å²) in [5, 5.41) is 4.27. The van der Waals surface area contributed by atoms with Crippen molar-refractivity contribution in [3.8, 4) is 0 Å². The van der Waals surface area contributed by atoms with E-state index >= 15 is 0 Å². The molecule has 4 nitrogen and oxygen atoms in total. The molecule has 2 rings (SSSR count). The smallest absolute Gasteiger partial charge is 0.184 e. The fraction of sp³-hybridized carbons (Fsp3) is 0.412. The van der Waals surface area contributed by atoms with Crippen LogP contribution in [0, 0.1) is 0 Å². The largest absolute Gasteiger partial charge is 0.391 e. The number of aryl methyl sites for hydroxylation is 1. The molecule has 4 heteroatoms. The molecule has 0 fully saturated rings. The SMILES string of the molecule is CCCCc1ccc(/C(=N\OC(C)C)n2ccnc2)cc1. The molecule has 0 aliphatic carbocycles. The van der Waals surface area contributed by atoms with Crippen LogP contribution in [0.4, 0.5) is 0 Å². The van der Waals surface area contributed by atoms with Crippen LogP contribution in [0.15, 0.2) is 48.1 Å². The highest BCUT2D eigenvalue weighted by Crippen LogP contribution is 2.11. The second-order valence-electron chi connectivity index (χ2n) is 5.34. The summed E-state index contributed by atoms with van der Waals surface area (Å²) in [6.07, 6.45) is 8.94. The zero-order chi connectivity index (χ0) is 15.1. The molecule has 0 atom stereocenters. The molecule has 0 aliphatic rings. The lowest BCUT2D eigenvalue weighted by molar-refractivity contribution is 0.0853. The number of nitrogens with zero attached hydrogens (tertiary/aromatic N) is 3. The molecular formula is C17H23N3O. The van der Waals surface area contributed by atoms with Crippen molar-refractivity contribution < 1.29 is 4.84 Å². The second-order valence-corrected chi connectivity index (χ2v) is 5.34. The van der Waals surface area contributed by atoms with Crippen LogP contribution in [-0.4, -0.2) is 21.5 Å². The predicted molar refractivity (Wildman–Crippen MR) is 85.4 cm³/mol. The van der Waals surface area contributed by atoms with Gasteiger partial charge in [0, 0.05) is 18.0 Å². The molecule has 0 N–H and O–H groups in total. The van der Waals surface area contributed by atoms with Crippen molar-refractivity contribution in [1.82, 2.24) is 9.55 Å². The Morgan fingerprint density at radius 3 is 2.62 bits per heavy atom. The van der Waals surface area contributed by atoms with E-state index in [4.69, 9.17) is 4.84 Å². The van der Waals surface area contributed by atoms with Gasteiger partial charge in [-0.2, -0.15) is 0 Å². The van der Waals surface area contributed by atoms with Crippen LogP contribution in [0.3, 0.4) is 0 Å². The molecule has 21 heavy (non-hydrogen) atoms. The Hall–Kier alpha value is -2.10. The van der Waals surface area contributed by atoms with Crippen LogP contribution in [-0.2, 0) is 11.3 Å². The van der Waals surface area contributed by atoms with Crippen LogP contribution in [0.5, 0.6) is 0 Å². The van der Waals surface area contributed by atoms with E-state index in [1.807, 2.05) is 24.6 Å². The maximum absolute atomic E-state index is 5.42. The summed E-state index contributed by atoms with van der Waals surface area (Å²) >= 11 is 0. The van der Waals surface area contributed by atoms with Crippen LogP contribution < -0.4 is 0 Å². The Kier molecular flexibility index (Phi) is 5.55. The van der Waals surface area contributed by atoms with E-state index in [0.717, 1.165) is 17.8 Å². The standard InChI is InChI=1S/C17H23N3O/c1-4-5-6-15-7-9-16(10-8-15)17(19-21-14(2)3)20-12-11-18-13-20/h7-14H,4-6H2,1-3H3/b19-17+. The fourth-order valence-corrected chi connectivity index (χ4v) is 1.99. The van der Waals surface area contributed by atoms with Gasteiger partial charge in [-0.1, -0.05) is 42.8 Å². The number of aromatic nitrogens is 2. The van der Waals surface area contributed by atoms with Crippen molar-refractivity contribution in [2.24, 2.45) is 5.16 Å². The molecule has 0 aliphatic heterocycles. The number of hydrogen-bond acceptors (Lipinski definition) is 3. The molecule has 0 bridgehead atoms. The van der Waals surface area contributed by atoms with Gasteiger partial charge in [-0.3, -0.25) is 4.57 Å². The zero-order valence-corrected chi connectivity index (χ0v) is 13.0. The zero-order valence-electron chi connectivity index (χ0n) is 13.0. The molecule has 0 spiro atoms. The number of benzene rings is 1. The monoisotopic (exact) mass is 285 g/mol. The van der Waals surface area contributed by atoms with Gasteiger partial charge in [-0.25, -0.2) is 4.98 Å². The molecule has 0 amide bonds. The summed E-state index contributed by atoms with van der Waals surface area (Å²) in [5.41, 5.74) is 2.38. The third-order valence-electron chi connectivity index (χ3n) is 3.13. The van der Waals surface area contributed by atoms with Crippen LogP contribution in [0.2, 0.25) is 0 Å². The molecule has 0 saturated carbocycles. The van der Waals surface area contributed by atoms with Crippen molar-refractivity contribution in [2.45, 2.75) is 46.1 Å². The molecule has 0 unspecified atom stereocenters. The van der Waals surface area contributed by atoms with E-state index in [0.29, 0.717) is 0 Å². The molecule has 112 valence electrons. The van der Waals surface area contributed by atoms with Crippen molar-refractivity contribution in [3.05, 3.63) is 54.1 Å². The van der Waals surface area contributed by atoms with Crippen LogP contribution in [0.1, 0.15) is 44.7 Å². The van der Waals surface area contributed by atoms with E-state index in [2.05, 4.69) is 41.3 Å². The summed E-state index contributed by atoms with van der Waals surface area (Å²) in [5.74, 6) is 0.753. The average molecular weight is 285 g/mol. The summed E-state index contributed by atoms with van der Waals surface area (Å²) in [6.45, 7) is 6.13. The lowest BCUT2D eigenvalue weighted by Crippen LogP contribution is -2.13. The molecule has 1 aromatic carbocycles. The van der Waals surface area contributed by atoms with Crippen molar-refractivity contribution in [2.75, 3.05) is 0 Å². The topological polar surface area (TPSA) is 39.4 Å². The van der Waals surface area contributed by atoms with Gasteiger partial charge in [0.2, 0.25) is 0 Å². The maximum atomic E-state index is 5.42. The highest BCUT2D eigenvalue weighted by Gasteiger charge is 2.08. The van der Waals surface area contributed by atoms with Gasteiger partial charge >= 0.3 is 0 Å². The second kappa shape index (κ2) is 7.62. The maximum Gasteiger partial charge on any atom is 0.184 e. The Balaban J connectivity index is 2.22. The van der Waals surface area contributed by atoms with Gasteiger partial charge in [-0.05, 0) is 32.3 Å². The number of hydrogen-bond donors (Lipinski definition) is 0.